The van der Waals surface area contributed by atoms with E-state index in [2.05, 4.69) is 28.1 Å². The minimum atomic E-state index is -0.644. The van der Waals surface area contributed by atoms with Gasteiger partial charge in [0.2, 0.25) is 0 Å². The van der Waals surface area contributed by atoms with Gasteiger partial charge < -0.3 is 15.1 Å². The van der Waals surface area contributed by atoms with Crippen molar-refractivity contribution in [3.8, 4) is 0 Å². The normalized spacial score (nSPS) is 13.1. The molecule has 1 unspecified atom stereocenters. The highest BCUT2D eigenvalue weighted by atomic mass is 79.9. The van der Waals surface area contributed by atoms with Crippen molar-refractivity contribution in [2.45, 2.75) is 12.5 Å². The molecule has 0 aliphatic heterocycles. The van der Waals surface area contributed by atoms with Crippen molar-refractivity contribution >= 4 is 15.9 Å². The number of benzene rings is 1. The Morgan fingerprint density at radius 3 is 2.50 bits per heavy atom. The molecule has 0 saturated heterocycles. The van der Waals surface area contributed by atoms with E-state index in [1.165, 1.54) is 5.56 Å². The first-order chi connectivity index (χ1) is 7.61. The second-order valence-electron chi connectivity index (χ2n) is 3.98. The van der Waals surface area contributed by atoms with Crippen LogP contribution in [0.1, 0.15) is 5.56 Å². The van der Waals surface area contributed by atoms with Crippen molar-refractivity contribution in [1.82, 2.24) is 4.90 Å². The van der Waals surface area contributed by atoms with E-state index >= 15 is 0 Å². The molecule has 0 radical (unpaired) electrons. The first-order valence-electron chi connectivity index (χ1n) is 5.33. The summed E-state index contributed by atoms with van der Waals surface area (Å²) in [6.45, 7) is 1.20. The number of rotatable bonds is 6. The maximum atomic E-state index is 9.26. The molecule has 0 aliphatic rings. The zero-order valence-corrected chi connectivity index (χ0v) is 11.0. The topological polar surface area (TPSA) is 43.7 Å². The van der Waals surface area contributed by atoms with Gasteiger partial charge in [0.05, 0.1) is 12.7 Å². The summed E-state index contributed by atoms with van der Waals surface area (Å²) in [7, 11) is 1.94. The van der Waals surface area contributed by atoms with E-state index in [4.69, 9.17) is 5.11 Å². The lowest BCUT2D eigenvalue weighted by Gasteiger charge is -2.19. The summed E-state index contributed by atoms with van der Waals surface area (Å²) in [5, 5.41) is 18.0. The summed E-state index contributed by atoms with van der Waals surface area (Å²) in [5.74, 6) is 0. The van der Waals surface area contributed by atoms with E-state index in [-0.39, 0.29) is 6.61 Å². The van der Waals surface area contributed by atoms with Crippen molar-refractivity contribution in [1.29, 1.82) is 0 Å². The molecule has 1 rings (SSSR count). The highest BCUT2D eigenvalue weighted by Crippen LogP contribution is 2.11. The fourth-order valence-electron chi connectivity index (χ4n) is 1.48. The summed E-state index contributed by atoms with van der Waals surface area (Å²) in [6, 6.07) is 8.22. The number of hydrogen-bond donors (Lipinski definition) is 2. The highest BCUT2D eigenvalue weighted by molar-refractivity contribution is 9.10. The number of nitrogens with zero attached hydrogens (tertiary/aromatic N) is 1. The molecule has 0 aromatic heterocycles. The van der Waals surface area contributed by atoms with E-state index in [0.717, 1.165) is 17.4 Å². The standard InChI is InChI=1S/C12H18BrNO2/c1-14(8-12(16)9-15)7-6-10-2-4-11(13)5-3-10/h2-5,12,15-16H,6-9H2,1H3. The van der Waals surface area contributed by atoms with Crippen molar-refractivity contribution in [3.63, 3.8) is 0 Å². The quantitative estimate of drug-likeness (QED) is 0.828. The Hall–Kier alpha value is -0.420. The molecule has 3 nitrogen and oxygen atoms in total. The molecule has 0 heterocycles. The van der Waals surface area contributed by atoms with E-state index in [9.17, 15) is 5.11 Å². The fourth-order valence-corrected chi connectivity index (χ4v) is 1.74. The van der Waals surface area contributed by atoms with Crippen molar-refractivity contribution < 1.29 is 10.2 Å². The highest BCUT2D eigenvalue weighted by Gasteiger charge is 2.06. The van der Waals surface area contributed by atoms with Crippen LogP contribution in [0, 0.1) is 0 Å². The molecule has 2 N–H and O–H groups in total. The zero-order valence-electron chi connectivity index (χ0n) is 9.43. The number of hydrogen-bond acceptors (Lipinski definition) is 3. The molecule has 0 bridgehead atoms. The van der Waals surface area contributed by atoms with Gasteiger partial charge in [0.25, 0.3) is 0 Å². The van der Waals surface area contributed by atoms with Crippen LogP contribution in [0.5, 0.6) is 0 Å². The van der Waals surface area contributed by atoms with Gasteiger partial charge in [-0.25, -0.2) is 0 Å². The average Bonchev–Trinajstić information content (AvgIpc) is 2.28. The molecular weight excluding hydrogens is 270 g/mol. The maximum absolute atomic E-state index is 9.26. The average molecular weight is 288 g/mol. The van der Waals surface area contributed by atoms with Crippen LogP contribution in [-0.2, 0) is 6.42 Å². The van der Waals surface area contributed by atoms with Crippen LogP contribution in [0.25, 0.3) is 0 Å². The Morgan fingerprint density at radius 2 is 1.94 bits per heavy atom. The summed E-state index contributed by atoms with van der Waals surface area (Å²) in [5.41, 5.74) is 1.27. The molecular formula is C12H18BrNO2. The van der Waals surface area contributed by atoms with Crippen LogP contribution in [0.3, 0.4) is 0 Å². The van der Waals surface area contributed by atoms with Gasteiger partial charge in [0.15, 0.2) is 0 Å². The number of likely N-dealkylation sites (N-methyl/N-ethyl adjacent to an activating group) is 1. The number of halogens is 1. The number of aliphatic hydroxyl groups is 2. The van der Waals surface area contributed by atoms with Crippen LogP contribution in [0.15, 0.2) is 28.7 Å². The van der Waals surface area contributed by atoms with Crippen LogP contribution >= 0.6 is 15.9 Å². The summed E-state index contributed by atoms with van der Waals surface area (Å²) in [6.07, 6.45) is 0.303. The summed E-state index contributed by atoms with van der Waals surface area (Å²) >= 11 is 3.40. The van der Waals surface area contributed by atoms with Crippen LogP contribution < -0.4 is 0 Å². The summed E-state index contributed by atoms with van der Waals surface area (Å²) in [4.78, 5) is 2.02. The molecule has 1 aromatic carbocycles. The second kappa shape index (κ2) is 7.01. The van der Waals surface area contributed by atoms with E-state index in [1.54, 1.807) is 0 Å². The molecule has 1 aromatic rings. The fraction of sp³-hybridized carbons (Fsp3) is 0.500. The van der Waals surface area contributed by atoms with Crippen LogP contribution in [0.2, 0.25) is 0 Å². The summed E-state index contributed by atoms with van der Waals surface area (Å²) < 4.78 is 1.08. The monoisotopic (exact) mass is 287 g/mol. The molecule has 0 spiro atoms. The molecule has 1 atom stereocenters. The van der Waals surface area contributed by atoms with Crippen LogP contribution in [-0.4, -0.2) is 48.0 Å². The van der Waals surface area contributed by atoms with Crippen molar-refractivity contribution in [2.24, 2.45) is 0 Å². The third-order valence-electron chi connectivity index (χ3n) is 2.43. The van der Waals surface area contributed by atoms with Crippen molar-refractivity contribution in [2.75, 3.05) is 26.7 Å². The van der Waals surface area contributed by atoms with Gasteiger partial charge in [0, 0.05) is 17.6 Å². The van der Waals surface area contributed by atoms with E-state index in [1.807, 2.05) is 24.1 Å². The van der Waals surface area contributed by atoms with Crippen molar-refractivity contribution in [3.05, 3.63) is 34.3 Å². The minimum Gasteiger partial charge on any atom is -0.394 e. The van der Waals surface area contributed by atoms with Gasteiger partial charge in [-0.05, 0) is 31.2 Å². The lowest BCUT2D eigenvalue weighted by Crippen LogP contribution is -2.32. The van der Waals surface area contributed by atoms with Gasteiger partial charge in [-0.2, -0.15) is 0 Å². The molecule has 0 aliphatic carbocycles. The largest absolute Gasteiger partial charge is 0.394 e. The Bertz CT molecular complexity index is 302. The van der Waals surface area contributed by atoms with E-state index in [0.29, 0.717) is 6.54 Å². The van der Waals surface area contributed by atoms with Gasteiger partial charge >= 0.3 is 0 Å². The predicted molar refractivity (Wildman–Crippen MR) is 68.4 cm³/mol. The third-order valence-corrected chi connectivity index (χ3v) is 2.96. The van der Waals surface area contributed by atoms with E-state index < -0.39 is 6.10 Å². The SMILES string of the molecule is CN(CCc1ccc(Br)cc1)CC(O)CO. The molecule has 0 amide bonds. The minimum absolute atomic E-state index is 0.178. The lowest BCUT2D eigenvalue weighted by atomic mass is 10.1. The maximum Gasteiger partial charge on any atom is 0.0897 e. The Balaban J connectivity index is 2.31. The zero-order chi connectivity index (χ0) is 12.0. The Kier molecular flexibility index (Phi) is 5.98. The van der Waals surface area contributed by atoms with Gasteiger partial charge in [-0.1, -0.05) is 28.1 Å². The first kappa shape index (κ1) is 13.6. The second-order valence-corrected chi connectivity index (χ2v) is 4.89. The molecule has 0 fully saturated rings. The molecule has 90 valence electrons. The van der Waals surface area contributed by atoms with Gasteiger partial charge in [-0.15, -0.1) is 0 Å². The first-order valence-corrected chi connectivity index (χ1v) is 6.13. The third kappa shape index (κ3) is 5.07. The Labute approximate surface area is 105 Å². The smallest absolute Gasteiger partial charge is 0.0897 e. The Morgan fingerprint density at radius 1 is 1.31 bits per heavy atom. The predicted octanol–water partition coefficient (Wildman–Crippen LogP) is 1.28. The lowest BCUT2D eigenvalue weighted by molar-refractivity contribution is 0.0669. The van der Waals surface area contributed by atoms with Gasteiger partial charge in [-0.3, -0.25) is 0 Å². The molecule has 4 heteroatoms. The number of aliphatic hydroxyl groups excluding tert-OH is 2. The van der Waals surface area contributed by atoms with Crippen LogP contribution in [0.4, 0.5) is 0 Å². The molecule has 16 heavy (non-hydrogen) atoms. The molecule has 0 saturated carbocycles. The van der Waals surface area contributed by atoms with Gasteiger partial charge in [0.1, 0.15) is 0 Å².